The van der Waals surface area contributed by atoms with Crippen LogP contribution in [0.5, 0.6) is 0 Å². The Kier molecular flexibility index (Phi) is 4.60. The van der Waals surface area contributed by atoms with Gasteiger partial charge in [-0.1, -0.05) is 6.08 Å². The zero-order chi connectivity index (χ0) is 9.19. The van der Waals surface area contributed by atoms with Gasteiger partial charge in [-0.3, -0.25) is 0 Å². The second-order valence-corrected chi connectivity index (χ2v) is 2.84. The van der Waals surface area contributed by atoms with Gasteiger partial charge in [-0.15, -0.1) is 12.4 Å². The van der Waals surface area contributed by atoms with Crippen LogP contribution in [0.4, 0.5) is 0 Å². The Bertz CT molecular complexity index is 225. The van der Waals surface area contributed by atoms with Crippen molar-refractivity contribution in [2.24, 2.45) is 5.73 Å². The third kappa shape index (κ3) is 3.10. The summed E-state index contributed by atoms with van der Waals surface area (Å²) in [6, 6.07) is 0. The molecule has 1 aliphatic carbocycles. The molecule has 0 saturated carbocycles. The van der Waals surface area contributed by atoms with Crippen molar-refractivity contribution in [2.75, 3.05) is 6.54 Å². The normalized spacial score (nSPS) is 24.9. The van der Waals surface area contributed by atoms with Crippen LogP contribution in [-0.2, 0) is 0 Å². The number of hydrogen-bond donors (Lipinski definition) is 4. The van der Waals surface area contributed by atoms with Crippen LogP contribution in [0.3, 0.4) is 0 Å². The molecule has 0 saturated heterocycles. The summed E-state index contributed by atoms with van der Waals surface area (Å²) in [6.07, 6.45) is 3.47. The van der Waals surface area contributed by atoms with Gasteiger partial charge in [0.1, 0.15) is 6.10 Å². The maximum absolute atomic E-state index is 9.17. The molecule has 0 aromatic rings. The Morgan fingerprint density at radius 3 is 2.54 bits per heavy atom. The van der Waals surface area contributed by atoms with Crippen LogP contribution < -0.4 is 5.73 Å². The molecular formula is C8H14ClNO3. The summed E-state index contributed by atoms with van der Waals surface area (Å²) >= 11 is 0. The molecule has 1 aliphatic rings. The maximum Gasteiger partial charge on any atom is 0.213 e. The van der Waals surface area contributed by atoms with E-state index in [1.54, 1.807) is 6.08 Å². The Labute approximate surface area is 82.8 Å². The zero-order valence-corrected chi connectivity index (χ0v) is 7.87. The molecule has 0 amide bonds. The third-order valence-corrected chi connectivity index (χ3v) is 1.78. The molecule has 0 radical (unpaired) electrons. The van der Waals surface area contributed by atoms with Crippen molar-refractivity contribution in [3.05, 3.63) is 23.8 Å². The first-order valence-electron chi connectivity index (χ1n) is 3.79. The second-order valence-electron chi connectivity index (χ2n) is 2.84. The van der Waals surface area contributed by atoms with E-state index >= 15 is 0 Å². The second kappa shape index (κ2) is 4.74. The molecule has 0 spiro atoms. The van der Waals surface area contributed by atoms with Crippen LogP contribution >= 0.6 is 12.4 Å². The van der Waals surface area contributed by atoms with Gasteiger partial charge in [0.2, 0.25) is 5.79 Å². The van der Waals surface area contributed by atoms with Crippen molar-refractivity contribution in [3.63, 3.8) is 0 Å². The quantitative estimate of drug-likeness (QED) is 0.451. The topological polar surface area (TPSA) is 86.7 Å². The first-order valence-corrected chi connectivity index (χ1v) is 3.79. The van der Waals surface area contributed by atoms with E-state index in [2.05, 4.69) is 0 Å². The maximum atomic E-state index is 9.17. The van der Waals surface area contributed by atoms with Gasteiger partial charge >= 0.3 is 0 Å². The van der Waals surface area contributed by atoms with E-state index in [1.165, 1.54) is 6.08 Å². The molecular weight excluding hydrogens is 194 g/mol. The number of allylic oxidation sites excluding steroid dienone is 1. The molecule has 0 bridgehead atoms. The van der Waals surface area contributed by atoms with Gasteiger partial charge in [-0.2, -0.15) is 0 Å². The lowest BCUT2D eigenvalue weighted by atomic mass is 9.98. The van der Waals surface area contributed by atoms with Crippen molar-refractivity contribution in [1.29, 1.82) is 0 Å². The third-order valence-electron chi connectivity index (χ3n) is 1.78. The van der Waals surface area contributed by atoms with Crippen molar-refractivity contribution < 1.29 is 15.3 Å². The minimum absolute atomic E-state index is 0. The summed E-state index contributed by atoms with van der Waals surface area (Å²) < 4.78 is 0. The Balaban J connectivity index is 0.00000144. The zero-order valence-electron chi connectivity index (χ0n) is 7.05. The van der Waals surface area contributed by atoms with E-state index in [4.69, 9.17) is 21.1 Å². The SMILES string of the molecule is Cl.NCCC1=CC(O)C(O)(O)C=C1. The lowest BCUT2D eigenvalue weighted by molar-refractivity contribution is -0.174. The van der Waals surface area contributed by atoms with Crippen molar-refractivity contribution in [2.45, 2.75) is 18.3 Å². The molecule has 4 nitrogen and oxygen atoms in total. The molecule has 0 aromatic carbocycles. The predicted molar refractivity (Wildman–Crippen MR) is 51.3 cm³/mol. The Morgan fingerprint density at radius 1 is 1.46 bits per heavy atom. The molecule has 0 aliphatic heterocycles. The molecule has 5 heteroatoms. The highest BCUT2D eigenvalue weighted by Gasteiger charge is 2.30. The number of aliphatic hydroxyl groups is 3. The van der Waals surface area contributed by atoms with Gasteiger partial charge in [0.05, 0.1) is 0 Å². The standard InChI is InChI=1S/C8H13NO3.ClH/c9-4-2-6-1-3-8(11,12)7(10)5-6;/h1,3,5,7,10-12H,2,4,9H2;1H. The largest absolute Gasteiger partial charge is 0.383 e. The summed E-state index contributed by atoms with van der Waals surface area (Å²) in [5.74, 6) is -2.13. The summed E-state index contributed by atoms with van der Waals surface area (Å²) in [4.78, 5) is 0. The van der Waals surface area contributed by atoms with Crippen molar-refractivity contribution in [1.82, 2.24) is 0 Å². The molecule has 0 heterocycles. The van der Waals surface area contributed by atoms with E-state index in [0.717, 1.165) is 11.6 Å². The first-order chi connectivity index (χ1) is 5.56. The molecule has 0 fully saturated rings. The first kappa shape index (κ1) is 12.6. The molecule has 76 valence electrons. The number of rotatable bonds is 2. The Hall–Kier alpha value is -0.390. The highest BCUT2D eigenvalue weighted by Crippen LogP contribution is 2.19. The Morgan fingerprint density at radius 2 is 2.08 bits per heavy atom. The van der Waals surface area contributed by atoms with Gasteiger partial charge in [0.15, 0.2) is 0 Å². The number of nitrogens with two attached hydrogens (primary N) is 1. The minimum atomic E-state index is -2.13. The van der Waals surface area contributed by atoms with Crippen molar-refractivity contribution >= 4 is 12.4 Å². The highest BCUT2D eigenvalue weighted by atomic mass is 35.5. The van der Waals surface area contributed by atoms with Crippen LogP contribution in [-0.4, -0.2) is 33.8 Å². The van der Waals surface area contributed by atoms with Crippen LogP contribution in [0, 0.1) is 0 Å². The lowest BCUT2D eigenvalue weighted by Crippen LogP contribution is -2.40. The van der Waals surface area contributed by atoms with Crippen molar-refractivity contribution in [3.8, 4) is 0 Å². The smallest absolute Gasteiger partial charge is 0.213 e. The van der Waals surface area contributed by atoms with E-state index in [0.29, 0.717) is 13.0 Å². The van der Waals surface area contributed by atoms with Crippen LogP contribution in [0.15, 0.2) is 23.8 Å². The molecule has 1 unspecified atom stereocenters. The molecule has 1 atom stereocenters. The van der Waals surface area contributed by atoms with E-state index < -0.39 is 11.9 Å². The van der Waals surface area contributed by atoms with Crippen LogP contribution in [0.1, 0.15) is 6.42 Å². The fourth-order valence-electron chi connectivity index (χ4n) is 1.04. The average molecular weight is 208 g/mol. The van der Waals surface area contributed by atoms with Gasteiger partial charge < -0.3 is 21.1 Å². The molecule has 5 N–H and O–H groups in total. The minimum Gasteiger partial charge on any atom is -0.383 e. The van der Waals surface area contributed by atoms with E-state index in [9.17, 15) is 0 Å². The molecule has 13 heavy (non-hydrogen) atoms. The fourth-order valence-corrected chi connectivity index (χ4v) is 1.04. The van der Waals surface area contributed by atoms with Gasteiger partial charge in [-0.05, 0) is 30.7 Å². The number of hydrogen-bond acceptors (Lipinski definition) is 4. The van der Waals surface area contributed by atoms with Gasteiger partial charge in [0.25, 0.3) is 0 Å². The molecule has 1 rings (SSSR count). The highest BCUT2D eigenvalue weighted by molar-refractivity contribution is 5.85. The predicted octanol–water partition coefficient (Wildman–Crippen LogP) is -0.705. The van der Waals surface area contributed by atoms with Crippen LogP contribution in [0.2, 0.25) is 0 Å². The summed E-state index contributed by atoms with van der Waals surface area (Å²) in [6.45, 7) is 0.479. The molecule has 0 aromatic heterocycles. The monoisotopic (exact) mass is 207 g/mol. The van der Waals surface area contributed by atoms with Gasteiger partial charge in [0, 0.05) is 0 Å². The fraction of sp³-hybridized carbons (Fsp3) is 0.500. The lowest BCUT2D eigenvalue weighted by Gasteiger charge is -2.25. The summed E-state index contributed by atoms with van der Waals surface area (Å²) in [7, 11) is 0. The number of halogens is 1. The summed E-state index contributed by atoms with van der Waals surface area (Å²) in [5.41, 5.74) is 6.11. The summed E-state index contributed by atoms with van der Waals surface area (Å²) in [5, 5.41) is 27.3. The average Bonchev–Trinajstić information content (AvgIpc) is 1.98. The van der Waals surface area contributed by atoms with Crippen LogP contribution in [0.25, 0.3) is 0 Å². The van der Waals surface area contributed by atoms with Gasteiger partial charge in [-0.25, -0.2) is 0 Å². The van der Waals surface area contributed by atoms with E-state index in [-0.39, 0.29) is 12.4 Å². The van der Waals surface area contributed by atoms with E-state index in [1.807, 2.05) is 0 Å². The number of aliphatic hydroxyl groups excluding tert-OH is 1.